The van der Waals surface area contributed by atoms with Gasteiger partial charge >= 0.3 is 0 Å². The Bertz CT molecular complexity index is 5360. The third-order valence-corrected chi connectivity index (χ3v) is 18.4. The van der Waals surface area contributed by atoms with E-state index in [1.807, 2.05) is 0 Å². The van der Waals surface area contributed by atoms with Gasteiger partial charge in [0.15, 0.2) is 0 Å². The fourth-order valence-electron chi connectivity index (χ4n) is 14.7. The van der Waals surface area contributed by atoms with Crippen LogP contribution in [0.2, 0.25) is 0 Å². The van der Waals surface area contributed by atoms with Crippen LogP contribution in [0.5, 0.6) is 11.5 Å². The van der Waals surface area contributed by atoms with Crippen molar-refractivity contribution in [2.24, 2.45) is 0 Å². The van der Waals surface area contributed by atoms with Crippen LogP contribution in [-0.4, -0.2) is 15.8 Å². The number of hydrogen-bond acceptors (Lipinski definition) is 4. The number of benzene rings is 14. The molecule has 0 saturated heterocycles. The molecule has 7 heteroatoms. The zero-order valence-corrected chi connectivity index (χ0v) is 48.2. The Morgan fingerprint density at radius 1 is 0.307 bits per heavy atom. The average molecular weight is 1120 g/mol. The number of hydrogen-bond donors (Lipinski definition) is 0. The highest BCUT2D eigenvalue weighted by atomic mass is 16.5. The Labute approximate surface area is 509 Å². The van der Waals surface area contributed by atoms with E-state index in [1.54, 1.807) is 0 Å². The van der Waals surface area contributed by atoms with Gasteiger partial charge in [-0.2, -0.15) is 0 Å². The lowest BCUT2D eigenvalue weighted by Crippen LogP contribution is -2.59. The van der Waals surface area contributed by atoms with Gasteiger partial charge in [-0.25, -0.2) is 0 Å². The Hall–Kier alpha value is -11.5. The van der Waals surface area contributed by atoms with Gasteiger partial charge in [-0.1, -0.05) is 182 Å². The first-order valence-corrected chi connectivity index (χ1v) is 30.3. The molecule has 2 aromatic heterocycles. The molecule has 88 heavy (non-hydrogen) atoms. The molecule has 6 nitrogen and oxygen atoms in total. The lowest BCUT2D eigenvalue weighted by atomic mass is 9.34. The van der Waals surface area contributed by atoms with E-state index in [-0.39, 0.29) is 6.71 Å². The van der Waals surface area contributed by atoms with Crippen LogP contribution in [0.3, 0.4) is 0 Å². The SMILES string of the molecule is Cc1ccccc1N1c2cc3c4c5ccccc5c(N(c5ccccc5)c5ccccc5)cc4n(-c4ccccc4)c3cc2B2c3cc4c(cc3Oc3cccc1c32)c1c2ccccc2c(N(c2ccccc2)c2ccccc2)cc1n4-c1ccccc1. The van der Waals surface area contributed by atoms with Crippen molar-refractivity contribution in [2.45, 2.75) is 6.92 Å². The zero-order chi connectivity index (χ0) is 58.0. The molecule has 0 spiro atoms. The first-order valence-electron chi connectivity index (χ1n) is 30.3. The quantitative estimate of drug-likeness (QED) is 0.135. The molecule has 0 N–H and O–H groups in total. The van der Waals surface area contributed by atoms with E-state index in [2.05, 4.69) is 340 Å². The van der Waals surface area contributed by atoms with E-state index in [0.717, 1.165) is 118 Å². The van der Waals surface area contributed by atoms with Crippen LogP contribution in [0.15, 0.2) is 309 Å². The number of anilines is 9. The number of aromatic nitrogens is 2. The van der Waals surface area contributed by atoms with Crippen molar-refractivity contribution < 1.29 is 4.74 Å². The summed E-state index contributed by atoms with van der Waals surface area (Å²) >= 11 is 0. The summed E-state index contributed by atoms with van der Waals surface area (Å²) in [4.78, 5) is 7.33. The Balaban J connectivity index is 0.954. The van der Waals surface area contributed by atoms with Gasteiger partial charge in [0, 0.05) is 83.5 Å². The molecule has 412 valence electrons. The van der Waals surface area contributed by atoms with Crippen molar-refractivity contribution in [3.05, 3.63) is 315 Å². The van der Waals surface area contributed by atoms with Crippen molar-refractivity contribution in [3.63, 3.8) is 0 Å². The molecule has 0 bridgehead atoms. The van der Waals surface area contributed by atoms with Crippen molar-refractivity contribution in [2.75, 3.05) is 14.7 Å². The monoisotopic (exact) mass is 1120 g/mol. The molecule has 0 amide bonds. The molecule has 18 rings (SSSR count). The Morgan fingerprint density at radius 3 is 1.20 bits per heavy atom. The minimum absolute atomic E-state index is 0.221. The van der Waals surface area contributed by atoms with Gasteiger partial charge in [0.2, 0.25) is 0 Å². The van der Waals surface area contributed by atoms with E-state index in [0.29, 0.717) is 0 Å². The summed E-state index contributed by atoms with van der Waals surface area (Å²) in [6.07, 6.45) is 0. The maximum Gasteiger partial charge on any atom is 0.256 e. The molecular formula is C81H54BN5O. The molecule has 0 radical (unpaired) electrons. The third kappa shape index (κ3) is 7.50. The van der Waals surface area contributed by atoms with Crippen LogP contribution in [0, 0.1) is 6.92 Å². The van der Waals surface area contributed by atoms with E-state index in [4.69, 9.17) is 4.74 Å². The first-order chi connectivity index (χ1) is 43.6. The van der Waals surface area contributed by atoms with E-state index in [9.17, 15) is 0 Å². The summed E-state index contributed by atoms with van der Waals surface area (Å²) in [6, 6.07) is 113. The second kappa shape index (κ2) is 19.8. The van der Waals surface area contributed by atoms with Crippen molar-refractivity contribution in [1.29, 1.82) is 0 Å². The fourth-order valence-corrected chi connectivity index (χ4v) is 14.7. The molecule has 4 heterocycles. The summed E-state index contributed by atoms with van der Waals surface area (Å²) in [5.41, 5.74) is 21.2. The standard InChI is InChI=1S/C81H54BN5O/c1-53-27-20-25-44-68(53)87-69-45-26-46-77-81(69)82(66-49-70-64(47-74(66)87)79-62-42-23-21-40-60(62)72(51-75(79)85(70)58-36-16-6-17-37-58)83(54-28-8-2-9-29-54)55-30-10-3-11-31-55)67-50-71-65(48-78(67)88-77)80-63-43-24-22-41-61(63)73(52-76(80)86(71)59-38-18-7-19-39-59)84(56-32-12-4-13-33-56)57-34-14-5-15-35-57/h2-52H,1H3. The average Bonchev–Trinajstić information content (AvgIpc) is 1.43. The molecule has 0 atom stereocenters. The van der Waals surface area contributed by atoms with Gasteiger partial charge in [0.1, 0.15) is 11.5 Å². The normalized spacial score (nSPS) is 12.4. The highest BCUT2D eigenvalue weighted by molar-refractivity contribution is 6.99. The minimum atomic E-state index is -0.221. The molecule has 0 unspecified atom stereocenters. The number of rotatable bonds is 9. The highest BCUT2D eigenvalue weighted by Crippen LogP contribution is 2.51. The summed E-state index contributed by atoms with van der Waals surface area (Å²) in [5, 5.41) is 9.38. The second-order valence-corrected chi connectivity index (χ2v) is 23.2. The molecule has 2 aliphatic rings. The number of ether oxygens (including phenoxy) is 1. The predicted molar refractivity (Wildman–Crippen MR) is 370 cm³/mol. The number of nitrogens with zero attached hydrogens (tertiary/aromatic N) is 5. The predicted octanol–water partition coefficient (Wildman–Crippen LogP) is 19.8. The summed E-state index contributed by atoms with van der Waals surface area (Å²) in [5.74, 6) is 1.72. The van der Waals surface area contributed by atoms with Crippen LogP contribution >= 0.6 is 0 Å². The van der Waals surface area contributed by atoms with E-state index in [1.165, 1.54) is 43.3 Å². The van der Waals surface area contributed by atoms with Crippen LogP contribution in [-0.2, 0) is 0 Å². The van der Waals surface area contributed by atoms with Gasteiger partial charge in [-0.05, 0) is 167 Å². The van der Waals surface area contributed by atoms with Gasteiger partial charge < -0.3 is 28.6 Å². The molecule has 16 aromatic rings. The molecule has 0 fully saturated rings. The third-order valence-electron chi connectivity index (χ3n) is 18.4. The maximum absolute atomic E-state index is 7.45. The van der Waals surface area contributed by atoms with Crippen LogP contribution in [0.4, 0.5) is 51.2 Å². The first kappa shape index (κ1) is 49.8. The fraction of sp³-hybridized carbons (Fsp3) is 0.0123. The molecular weight excluding hydrogens is 1070 g/mol. The smallest absolute Gasteiger partial charge is 0.256 e. The molecule has 2 aliphatic heterocycles. The maximum atomic E-state index is 7.45. The summed E-state index contributed by atoms with van der Waals surface area (Å²) in [6.45, 7) is 2.01. The van der Waals surface area contributed by atoms with Gasteiger partial charge in [-0.15, -0.1) is 0 Å². The Kier molecular flexibility index (Phi) is 11.2. The van der Waals surface area contributed by atoms with E-state index < -0.39 is 0 Å². The number of fused-ring (bicyclic) bond motifs is 14. The lowest BCUT2D eigenvalue weighted by Gasteiger charge is -2.40. The van der Waals surface area contributed by atoms with Crippen molar-refractivity contribution in [1.82, 2.24) is 9.13 Å². The van der Waals surface area contributed by atoms with Crippen LogP contribution in [0.25, 0.3) is 76.5 Å². The van der Waals surface area contributed by atoms with E-state index >= 15 is 0 Å². The minimum Gasteiger partial charge on any atom is -0.458 e. The van der Waals surface area contributed by atoms with Crippen LogP contribution in [0.1, 0.15) is 5.56 Å². The topological polar surface area (TPSA) is 28.8 Å². The van der Waals surface area contributed by atoms with Gasteiger partial charge in [-0.3, -0.25) is 0 Å². The lowest BCUT2D eigenvalue weighted by molar-refractivity contribution is 0.488. The number of aryl methyl sites for hydroxylation is 1. The summed E-state index contributed by atoms with van der Waals surface area (Å²) in [7, 11) is 0. The zero-order valence-electron chi connectivity index (χ0n) is 48.2. The second-order valence-electron chi connectivity index (χ2n) is 23.2. The van der Waals surface area contributed by atoms with Gasteiger partial charge in [0.25, 0.3) is 6.71 Å². The number of para-hydroxylation sites is 7. The highest BCUT2D eigenvalue weighted by Gasteiger charge is 2.43. The van der Waals surface area contributed by atoms with Crippen molar-refractivity contribution >= 4 is 139 Å². The largest absolute Gasteiger partial charge is 0.458 e. The molecule has 14 aromatic carbocycles. The van der Waals surface area contributed by atoms with Crippen molar-refractivity contribution in [3.8, 4) is 22.9 Å². The molecule has 0 saturated carbocycles. The molecule has 0 aliphatic carbocycles. The Morgan fingerprint density at radius 2 is 0.716 bits per heavy atom. The van der Waals surface area contributed by atoms with Crippen LogP contribution < -0.4 is 35.8 Å². The van der Waals surface area contributed by atoms with Gasteiger partial charge in [0.05, 0.1) is 33.4 Å². The summed E-state index contributed by atoms with van der Waals surface area (Å²) < 4.78 is 12.5.